The van der Waals surface area contributed by atoms with Crippen LogP contribution in [-0.2, 0) is 4.74 Å². The largest absolute Gasteiger partial charge is 0.377 e. The Hall–Kier alpha value is -2.42. The maximum absolute atomic E-state index is 12.7. The van der Waals surface area contributed by atoms with Crippen LogP contribution in [0.15, 0.2) is 46.3 Å². The normalized spacial score (nSPS) is 17.3. The molecule has 1 aromatic carbocycles. The van der Waals surface area contributed by atoms with E-state index in [-0.39, 0.29) is 6.03 Å². The number of benzene rings is 1. The highest BCUT2D eigenvalue weighted by atomic mass is 35.5. The summed E-state index contributed by atoms with van der Waals surface area (Å²) in [6.45, 7) is 1.17. The monoisotopic (exact) mass is 390 g/mol. The van der Waals surface area contributed by atoms with Gasteiger partial charge < -0.3 is 19.5 Å². The lowest BCUT2D eigenvalue weighted by Crippen LogP contribution is -2.45. The first kappa shape index (κ1) is 17.0. The van der Waals surface area contributed by atoms with Gasteiger partial charge in [-0.05, 0) is 29.6 Å². The first-order valence-corrected chi connectivity index (χ1v) is 9.25. The van der Waals surface area contributed by atoms with Crippen molar-refractivity contribution in [3.63, 3.8) is 0 Å². The van der Waals surface area contributed by atoms with Gasteiger partial charge in [0, 0.05) is 17.3 Å². The van der Waals surface area contributed by atoms with Gasteiger partial charge in [-0.3, -0.25) is 0 Å². The lowest BCUT2D eigenvalue weighted by atomic mass is 10.2. The zero-order valence-corrected chi connectivity index (χ0v) is 15.2. The van der Waals surface area contributed by atoms with E-state index in [1.165, 1.54) is 11.3 Å². The number of aromatic nitrogens is 2. The maximum Gasteiger partial charge on any atom is 0.322 e. The molecule has 1 unspecified atom stereocenters. The summed E-state index contributed by atoms with van der Waals surface area (Å²) in [5.74, 6) is 0.866. The Morgan fingerprint density at radius 1 is 1.35 bits per heavy atom. The van der Waals surface area contributed by atoms with E-state index in [1.54, 1.807) is 29.2 Å². The van der Waals surface area contributed by atoms with E-state index in [2.05, 4.69) is 15.5 Å². The lowest BCUT2D eigenvalue weighted by molar-refractivity contribution is 0.00349. The van der Waals surface area contributed by atoms with Crippen LogP contribution in [0.1, 0.15) is 11.9 Å². The van der Waals surface area contributed by atoms with Crippen molar-refractivity contribution in [1.82, 2.24) is 15.0 Å². The fraction of sp³-hybridized carbons (Fsp3) is 0.235. The average molecular weight is 391 g/mol. The number of hydrogen-bond donors (Lipinski definition) is 1. The van der Waals surface area contributed by atoms with Crippen LogP contribution in [0, 0.1) is 0 Å². The summed E-state index contributed by atoms with van der Waals surface area (Å²) in [4.78, 5) is 19.7. The van der Waals surface area contributed by atoms with Crippen LogP contribution in [0.5, 0.6) is 0 Å². The number of anilines is 1. The molecule has 2 aromatic heterocycles. The summed E-state index contributed by atoms with van der Waals surface area (Å²) < 4.78 is 10.9. The first-order chi connectivity index (χ1) is 12.7. The number of nitrogens with one attached hydrogen (secondary N) is 1. The van der Waals surface area contributed by atoms with Gasteiger partial charge in [-0.1, -0.05) is 28.9 Å². The Morgan fingerprint density at radius 2 is 2.27 bits per heavy atom. The molecule has 1 N–H and O–H groups in total. The van der Waals surface area contributed by atoms with E-state index in [1.807, 2.05) is 17.5 Å². The van der Waals surface area contributed by atoms with Crippen LogP contribution >= 0.6 is 22.9 Å². The molecule has 3 heterocycles. The molecule has 0 radical (unpaired) electrons. The van der Waals surface area contributed by atoms with Crippen molar-refractivity contribution in [3.8, 4) is 10.7 Å². The van der Waals surface area contributed by atoms with Crippen molar-refractivity contribution in [2.75, 3.05) is 25.1 Å². The zero-order valence-electron chi connectivity index (χ0n) is 13.6. The number of carbonyl (C=O) groups excluding carboxylic acids is 1. The Bertz CT molecular complexity index is 899. The average Bonchev–Trinajstić information content (AvgIpc) is 3.33. The van der Waals surface area contributed by atoms with Crippen LogP contribution in [0.4, 0.5) is 10.5 Å². The SMILES string of the molecule is O=C(Nc1cccc(Cl)c1)N1CCOCC1c1nc(-c2cccs2)no1. The van der Waals surface area contributed by atoms with E-state index in [9.17, 15) is 4.79 Å². The molecule has 2 amide bonds. The van der Waals surface area contributed by atoms with Crippen molar-refractivity contribution < 1.29 is 14.1 Å². The van der Waals surface area contributed by atoms with Gasteiger partial charge in [0.05, 0.1) is 18.1 Å². The van der Waals surface area contributed by atoms with Crippen molar-refractivity contribution in [2.24, 2.45) is 0 Å². The molecular formula is C17H15ClN4O3S. The number of nitrogens with zero attached hydrogens (tertiary/aromatic N) is 3. The van der Waals surface area contributed by atoms with E-state index in [0.717, 1.165) is 4.88 Å². The summed E-state index contributed by atoms with van der Waals surface area (Å²) in [5, 5.41) is 9.36. The molecule has 0 saturated carbocycles. The molecule has 9 heteroatoms. The van der Waals surface area contributed by atoms with Gasteiger partial charge in [0.25, 0.3) is 5.89 Å². The van der Waals surface area contributed by atoms with Crippen LogP contribution in [0.3, 0.4) is 0 Å². The number of ether oxygens (including phenoxy) is 1. The number of thiophene rings is 1. The van der Waals surface area contributed by atoms with Gasteiger partial charge in [0.1, 0.15) is 6.04 Å². The molecule has 0 spiro atoms. The van der Waals surface area contributed by atoms with Crippen LogP contribution in [0.25, 0.3) is 10.7 Å². The second-order valence-corrected chi connectivity index (χ2v) is 7.04. The third kappa shape index (κ3) is 3.57. The number of hydrogen-bond acceptors (Lipinski definition) is 6. The minimum atomic E-state index is -0.441. The molecular weight excluding hydrogens is 376 g/mol. The molecule has 0 aliphatic carbocycles. The number of morpholine rings is 1. The third-order valence-electron chi connectivity index (χ3n) is 3.93. The maximum atomic E-state index is 12.7. The van der Waals surface area contributed by atoms with Crippen molar-refractivity contribution in [3.05, 3.63) is 52.7 Å². The Balaban J connectivity index is 1.54. The van der Waals surface area contributed by atoms with E-state index in [0.29, 0.717) is 42.2 Å². The number of rotatable bonds is 3. The third-order valence-corrected chi connectivity index (χ3v) is 5.03. The predicted octanol–water partition coefficient (Wildman–Crippen LogP) is 4.06. The highest BCUT2D eigenvalue weighted by molar-refractivity contribution is 7.13. The molecule has 1 saturated heterocycles. The molecule has 134 valence electrons. The van der Waals surface area contributed by atoms with Gasteiger partial charge in [0.15, 0.2) is 0 Å². The zero-order chi connectivity index (χ0) is 17.9. The van der Waals surface area contributed by atoms with Gasteiger partial charge in [-0.15, -0.1) is 11.3 Å². The fourth-order valence-corrected chi connectivity index (χ4v) is 3.53. The number of amides is 2. The van der Waals surface area contributed by atoms with Crippen LogP contribution in [-0.4, -0.2) is 40.8 Å². The lowest BCUT2D eigenvalue weighted by Gasteiger charge is -2.33. The predicted molar refractivity (Wildman–Crippen MR) is 98.3 cm³/mol. The number of halogens is 1. The Kier molecular flexibility index (Phi) is 4.87. The second-order valence-electron chi connectivity index (χ2n) is 5.66. The summed E-state index contributed by atoms with van der Waals surface area (Å²) in [5.41, 5.74) is 0.623. The Morgan fingerprint density at radius 3 is 3.08 bits per heavy atom. The molecule has 0 bridgehead atoms. The summed E-state index contributed by atoms with van der Waals surface area (Å²) in [6, 6.07) is 10.1. The summed E-state index contributed by atoms with van der Waals surface area (Å²) in [7, 11) is 0. The minimum absolute atomic E-state index is 0.267. The van der Waals surface area contributed by atoms with E-state index in [4.69, 9.17) is 20.9 Å². The quantitative estimate of drug-likeness (QED) is 0.729. The van der Waals surface area contributed by atoms with Gasteiger partial charge in [-0.2, -0.15) is 4.98 Å². The molecule has 3 aromatic rings. The number of urea groups is 1. The molecule has 7 nitrogen and oxygen atoms in total. The highest BCUT2D eigenvalue weighted by Gasteiger charge is 2.33. The van der Waals surface area contributed by atoms with Crippen molar-refractivity contribution in [2.45, 2.75) is 6.04 Å². The summed E-state index contributed by atoms with van der Waals surface area (Å²) >= 11 is 7.50. The van der Waals surface area contributed by atoms with Crippen LogP contribution in [0.2, 0.25) is 5.02 Å². The smallest absolute Gasteiger partial charge is 0.322 e. The summed E-state index contributed by atoms with van der Waals surface area (Å²) in [6.07, 6.45) is 0. The van der Waals surface area contributed by atoms with E-state index < -0.39 is 6.04 Å². The number of carbonyl (C=O) groups is 1. The molecule has 1 aliphatic rings. The van der Waals surface area contributed by atoms with Gasteiger partial charge in [0.2, 0.25) is 5.82 Å². The van der Waals surface area contributed by atoms with Crippen molar-refractivity contribution >= 4 is 34.7 Å². The van der Waals surface area contributed by atoms with Gasteiger partial charge in [-0.25, -0.2) is 4.79 Å². The standard InChI is InChI=1S/C17H15ClN4O3S/c18-11-3-1-4-12(9-11)19-17(23)22-6-7-24-10-13(22)16-20-15(21-25-16)14-5-2-8-26-14/h1-5,8-9,13H,6-7,10H2,(H,19,23). The molecule has 1 atom stereocenters. The highest BCUT2D eigenvalue weighted by Crippen LogP contribution is 2.28. The van der Waals surface area contributed by atoms with Crippen LogP contribution < -0.4 is 5.32 Å². The molecule has 26 heavy (non-hydrogen) atoms. The topological polar surface area (TPSA) is 80.5 Å². The molecule has 4 rings (SSSR count). The molecule has 1 fully saturated rings. The van der Waals surface area contributed by atoms with Gasteiger partial charge >= 0.3 is 6.03 Å². The van der Waals surface area contributed by atoms with Crippen molar-refractivity contribution in [1.29, 1.82) is 0 Å². The second kappa shape index (κ2) is 7.45. The molecule has 1 aliphatic heterocycles. The first-order valence-electron chi connectivity index (χ1n) is 7.99. The Labute approximate surface area is 158 Å². The fourth-order valence-electron chi connectivity index (χ4n) is 2.69. The van der Waals surface area contributed by atoms with E-state index >= 15 is 0 Å². The minimum Gasteiger partial charge on any atom is -0.377 e.